The number of H-pyrrole nitrogens is 1. The molecular weight excluding hydrogens is 529 g/mol. The molecule has 40 heavy (non-hydrogen) atoms. The molecule has 8 nitrogen and oxygen atoms in total. The molecule has 4 rings (SSSR count). The second kappa shape index (κ2) is 12.2. The molecule has 3 aromatic rings. The van der Waals surface area contributed by atoms with Crippen molar-refractivity contribution in [2.45, 2.75) is 44.9 Å². The third-order valence-electron chi connectivity index (χ3n) is 6.24. The Kier molecular flexibility index (Phi) is 9.21. The average molecular weight is 559 g/mol. The lowest BCUT2D eigenvalue weighted by Crippen LogP contribution is -2.48. The normalized spacial score (nSPS) is 17.6. The molecule has 0 saturated heterocycles. The first-order valence-corrected chi connectivity index (χ1v) is 12.3. The zero-order chi connectivity index (χ0) is 29.8. The van der Waals surface area contributed by atoms with Crippen LogP contribution in [0.1, 0.15) is 49.2 Å². The van der Waals surface area contributed by atoms with E-state index in [-0.39, 0.29) is 23.7 Å². The van der Waals surface area contributed by atoms with Gasteiger partial charge in [0.15, 0.2) is 0 Å². The summed E-state index contributed by atoms with van der Waals surface area (Å²) in [7, 11) is 0. The number of hydrogen-bond acceptors (Lipinski definition) is 4. The van der Waals surface area contributed by atoms with Crippen LogP contribution in [-0.4, -0.2) is 61.4 Å². The van der Waals surface area contributed by atoms with E-state index in [4.69, 9.17) is 15.3 Å². The molecule has 11 heteroatoms. The van der Waals surface area contributed by atoms with E-state index in [1.165, 1.54) is 13.8 Å². The summed E-state index contributed by atoms with van der Waals surface area (Å²) < 4.78 is 45.4. The van der Waals surface area contributed by atoms with Gasteiger partial charge in [-0.2, -0.15) is 0 Å². The van der Waals surface area contributed by atoms with Crippen molar-refractivity contribution >= 4 is 34.9 Å². The number of para-hydroxylation sites is 1. The molecule has 0 bridgehead atoms. The number of fused-ring (bicyclic) bond motifs is 3. The highest BCUT2D eigenvalue weighted by Crippen LogP contribution is 2.43. The van der Waals surface area contributed by atoms with Gasteiger partial charge in [0.05, 0.1) is 6.04 Å². The number of carboxylic acid groups (broad SMARTS) is 3. The molecule has 0 fully saturated rings. The molecule has 2 unspecified atom stereocenters. The Morgan fingerprint density at radius 1 is 1.00 bits per heavy atom. The Bertz CT molecular complexity index is 1450. The van der Waals surface area contributed by atoms with Crippen molar-refractivity contribution in [3.05, 3.63) is 88.6 Å². The molecule has 0 spiro atoms. The largest absolute Gasteiger partial charge is 0.478 e. The number of nitrogens with zero attached hydrogens (tertiary/aromatic N) is 1. The summed E-state index contributed by atoms with van der Waals surface area (Å²) in [6.07, 6.45) is 3.70. The zero-order valence-electron chi connectivity index (χ0n) is 22.0. The summed E-state index contributed by atoms with van der Waals surface area (Å²) in [5, 5.41) is 25.4. The summed E-state index contributed by atoms with van der Waals surface area (Å²) in [5.74, 6) is -5.34. The number of rotatable bonds is 7. The van der Waals surface area contributed by atoms with Crippen LogP contribution in [0.4, 0.5) is 13.2 Å². The number of alkyl halides is 1. The van der Waals surface area contributed by atoms with E-state index in [9.17, 15) is 18.8 Å². The van der Waals surface area contributed by atoms with Crippen LogP contribution < -0.4 is 0 Å². The molecule has 0 radical (unpaired) electrons. The van der Waals surface area contributed by atoms with Crippen molar-refractivity contribution < 1.29 is 42.9 Å². The molecule has 2 aromatic carbocycles. The molecule has 1 aliphatic heterocycles. The Balaban J connectivity index is 0.000000482. The van der Waals surface area contributed by atoms with Crippen molar-refractivity contribution in [1.82, 2.24) is 9.88 Å². The highest BCUT2D eigenvalue weighted by atomic mass is 19.1. The van der Waals surface area contributed by atoms with E-state index in [1.54, 1.807) is 4.90 Å². The number of carbonyl (C=O) groups is 3. The topological polar surface area (TPSA) is 131 Å². The van der Waals surface area contributed by atoms with E-state index in [2.05, 4.69) is 4.98 Å². The van der Waals surface area contributed by atoms with Crippen molar-refractivity contribution in [1.29, 1.82) is 0 Å². The quantitative estimate of drug-likeness (QED) is 0.288. The second-order valence-corrected chi connectivity index (χ2v) is 9.99. The molecule has 0 aliphatic carbocycles. The maximum Gasteiger partial charge on any atom is 0.328 e. The van der Waals surface area contributed by atoms with Crippen molar-refractivity contribution in [3.8, 4) is 0 Å². The van der Waals surface area contributed by atoms with Crippen molar-refractivity contribution in [2.24, 2.45) is 0 Å². The first-order chi connectivity index (χ1) is 18.7. The van der Waals surface area contributed by atoms with Crippen LogP contribution in [0.2, 0.25) is 0 Å². The summed E-state index contributed by atoms with van der Waals surface area (Å²) in [6, 6.07) is 8.88. The van der Waals surface area contributed by atoms with E-state index in [0.29, 0.717) is 24.3 Å². The van der Waals surface area contributed by atoms with Crippen molar-refractivity contribution in [2.75, 3.05) is 6.54 Å². The predicted octanol–water partition coefficient (Wildman–Crippen LogP) is 5.34. The lowest BCUT2D eigenvalue weighted by atomic mass is 9.87. The van der Waals surface area contributed by atoms with Crippen molar-refractivity contribution in [3.63, 3.8) is 0 Å². The molecule has 212 valence electrons. The molecule has 4 N–H and O–H groups in total. The summed E-state index contributed by atoms with van der Waals surface area (Å²) in [5.41, 5.74) is 0.829. The monoisotopic (exact) mass is 558 g/mol. The average Bonchev–Trinajstić information content (AvgIpc) is 3.20. The van der Waals surface area contributed by atoms with Crippen LogP contribution in [0, 0.1) is 11.6 Å². The number of halogens is 3. The van der Waals surface area contributed by atoms with Gasteiger partial charge in [-0.05, 0) is 62.6 Å². The molecule has 0 amide bonds. The van der Waals surface area contributed by atoms with Gasteiger partial charge in [0.2, 0.25) is 0 Å². The van der Waals surface area contributed by atoms with Gasteiger partial charge >= 0.3 is 17.9 Å². The molecular formula is C29H29F3N2O6. The van der Waals surface area contributed by atoms with E-state index < -0.39 is 41.3 Å². The summed E-state index contributed by atoms with van der Waals surface area (Å²) >= 11 is 0. The van der Waals surface area contributed by atoms with Gasteiger partial charge < -0.3 is 20.3 Å². The smallest absolute Gasteiger partial charge is 0.328 e. The van der Waals surface area contributed by atoms with Gasteiger partial charge in [-0.15, -0.1) is 0 Å². The fourth-order valence-corrected chi connectivity index (χ4v) is 4.77. The predicted molar refractivity (Wildman–Crippen MR) is 143 cm³/mol. The number of aliphatic carboxylic acids is 3. The second-order valence-electron chi connectivity index (χ2n) is 9.99. The standard InChI is InChI=1S/C25H25F3N2O2.C4H4O4/c1-14-10-17-16-6-4-5-7-20(16)29-23(17)24(30(14)13-25(2,3)28)22-18(26)11-15(12-19(22)27)8-9-21(31)32;5-3(6)1-2-4(7)8/h4-9,11-12,14,24,29H,10,13H2,1-3H3,(H,31,32);1-2H,(H,5,6)(H,7,8). The number of benzene rings is 2. The number of carboxylic acids is 3. The maximum absolute atomic E-state index is 15.3. The summed E-state index contributed by atoms with van der Waals surface area (Å²) in [6.45, 7) is 4.82. The van der Waals surface area contributed by atoms with E-state index >= 15 is 8.78 Å². The maximum atomic E-state index is 15.3. The van der Waals surface area contributed by atoms with Gasteiger partial charge in [0.1, 0.15) is 17.3 Å². The Hall–Kier alpha value is -4.38. The number of nitrogens with one attached hydrogen (secondary N) is 1. The molecule has 2 atom stereocenters. The number of aromatic nitrogens is 1. The van der Waals surface area contributed by atoms with E-state index in [1.807, 2.05) is 31.2 Å². The van der Waals surface area contributed by atoms with Gasteiger partial charge in [-0.1, -0.05) is 18.2 Å². The zero-order valence-corrected chi connectivity index (χ0v) is 22.0. The Morgan fingerprint density at radius 3 is 2.08 bits per heavy atom. The van der Waals surface area contributed by atoms with E-state index in [0.717, 1.165) is 40.8 Å². The van der Waals surface area contributed by atoms with Crippen LogP contribution in [0.25, 0.3) is 17.0 Å². The lowest BCUT2D eigenvalue weighted by Gasteiger charge is -2.43. The SMILES string of the molecule is CC1Cc2c([nH]c3ccccc23)C(c2c(F)cc(C=CC(=O)O)cc2F)N1CC(C)(C)F.O=C(O)C=CC(=O)O. The molecule has 1 aliphatic rings. The minimum Gasteiger partial charge on any atom is -0.478 e. The van der Waals surface area contributed by atoms with Crippen LogP contribution in [-0.2, 0) is 20.8 Å². The first-order valence-electron chi connectivity index (χ1n) is 12.3. The highest BCUT2D eigenvalue weighted by Gasteiger charge is 2.40. The fraction of sp³-hybridized carbons (Fsp3) is 0.276. The van der Waals surface area contributed by atoms with Crippen LogP contribution in [0.15, 0.2) is 54.6 Å². The number of hydrogen-bond donors (Lipinski definition) is 4. The van der Waals surface area contributed by atoms with Gasteiger partial charge in [0.25, 0.3) is 0 Å². The van der Waals surface area contributed by atoms with Gasteiger partial charge in [-0.3, -0.25) is 4.90 Å². The molecule has 1 aromatic heterocycles. The fourth-order valence-electron chi connectivity index (χ4n) is 4.77. The Morgan fingerprint density at radius 2 is 1.55 bits per heavy atom. The minimum atomic E-state index is -1.58. The number of aromatic amines is 1. The molecule has 0 saturated carbocycles. The van der Waals surface area contributed by atoms with Crippen LogP contribution >= 0.6 is 0 Å². The third kappa shape index (κ3) is 7.38. The third-order valence-corrected chi connectivity index (χ3v) is 6.24. The highest BCUT2D eigenvalue weighted by molar-refractivity contribution is 5.89. The Labute approximate surface area is 228 Å². The van der Waals surface area contributed by atoms with Gasteiger partial charge in [-0.25, -0.2) is 27.6 Å². The van der Waals surface area contributed by atoms with Gasteiger partial charge in [0, 0.05) is 53.0 Å². The minimum absolute atomic E-state index is 0.00676. The first kappa shape index (κ1) is 30.2. The lowest BCUT2D eigenvalue weighted by molar-refractivity contribution is -0.134. The van der Waals surface area contributed by atoms with Crippen LogP contribution in [0.3, 0.4) is 0 Å². The summed E-state index contributed by atoms with van der Waals surface area (Å²) in [4.78, 5) is 35.0. The molecule has 2 heterocycles. The van der Waals surface area contributed by atoms with Crippen LogP contribution in [0.5, 0.6) is 0 Å².